The Morgan fingerprint density at radius 2 is 2.29 bits per heavy atom. The van der Waals surface area contributed by atoms with Gasteiger partial charge in [0.2, 0.25) is 11.8 Å². The molecule has 2 aromatic heterocycles. The number of aromatic nitrogens is 4. The summed E-state index contributed by atoms with van der Waals surface area (Å²) in [5.74, 6) is 3.62. The minimum absolute atomic E-state index is 0.00679. The van der Waals surface area contributed by atoms with Crippen molar-refractivity contribution in [2.24, 2.45) is 5.92 Å². The number of anilines is 1. The first-order chi connectivity index (χ1) is 11.7. The number of hydrogen-bond donors (Lipinski definition) is 0. The maximum atomic E-state index is 12.2. The summed E-state index contributed by atoms with van der Waals surface area (Å²) in [4.78, 5) is 22.9. The highest BCUT2D eigenvalue weighted by atomic mass is 32.2. The molecule has 0 N–H and O–H groups in total. The minimum atomic E-state index is 0.00679. The maximum absolute atomic E-state index is 12.2. The van der Waals surface area contributed by atoms with Gasteiger partial charge in [-0.1, -0.05) is 0 Å². The normalized spacial score (nSPS) is 17.3. The quantitative estimate of drug-likeness (QED) is 0.817. The Morgan fingerprint density at radius 1 is 1.42 bits per heavy atom. The van der Waals surface area contributed by atoms with E-state index in [4.69, 9.17) is 4.74 Å². The van der Waals surface area contributed by atoms with Gasteiger partial charge in [0.15, 0.2) is 0 Å². The molecule has 24 heavy (non-hydrogen) atoms. The number of ether oxygens (including phenoxy) is 1. The van der Waals surface area contributed by atoms with E-state index in [1.807, 2.05) is 11.8 Å². The van der Waals surface area contributed by atoms with Gasteiger partial charge in [-0.2, -0.15) is 21.8 Å². The van der Waals surface area contributed by atoms with Gasteiger partial charge >= 0.3 is 0 Å². The van der Waals surface area contributed by atoms with Crippen LogP contribution in [0.15, 0.2) is 23.1 Å². The lowest BCUT2D eigenvalue weighted by molar-refractivity contribution is 0.327. The molecule has 2 aromatic rings. The van der Waals surface area contributed by atoms with Crippen LogP contribution in [0.5, 0.6) is 5.88 Å². The van der Waals surface area contributed by atoms with E-state index in [0.717, 1.165) is 42.3 Å². The second kappa shape index (κ2) is 6.43. The molecule has 0 amide bonds. The lowest BCUT2D eigenvalue weighted by atomic mass is 10.0. The lowest BCUT2D eigenvalue weighted by Crippen LogP contribution is -2.50. The maximum Gasteiger partial charge on any atom is 0.267 e. The standard InChI is InChI=1S/C16H19N5O2S/c1-23-14-2-4-17-16(18-14)20-7-11(8-20)9-21-15(22)6-12-10-24-5-3-13(12)19-21/h2,4,6,11H,3,5,7-10H2,1H3. The highest BCUT2D eigenvalue weighted by Gasteiger charge is 2.30. The fourth-order valence-corrected chi connectivity index (χ4v) is 4.03. The molecule has 0 spiro atoms. The number of nitrogens with zero attached hydrogens (tertiary/aromatic N) is 5. The molecule has 0 aliphatic carbocycles. The number of hydrogen-bond acceptors (Lipinski definition) is 7. The molecule has 8 heteroatoms. The Balaban J connectivity index is 1.42. The molecule has 1 fully saturated rings. The zero-order valence-electron chi connectivity index (χ0n) is 13.5. The molecule has 0 saturated carbocycles. The molecule has 0 bridgehead atoms. The van der Waals surface area contributed by atoms with Crippen LogP contribution in [0.3, 0.4) is 0 Å². The van der Waals surface area contributed by atoms with Gasteiger partial charge in [-0.05, 0) is 11.3 Å². The molecule has 1 saturated heterocycles. The van der Waals surface area contributed by atoms with Crippen LogP contribution < -0.4 is 15.2 Å². The van der Waals surface area contributed by atoms with Gasteiger partial charge in [-0.3, -0.25) is 4.79 Å². The topological polar surface area (TPSA) is 73.1 Å². The zero-order chi connectivity index (χ0) is 16.5. The van der Waals surface area contributed by atoms with Gasteiger partial charge in [0.05, 0.1) is 19.3 Å². The molecule has 2 aliphatic rings. The third kappa shape index (κ3) is 2.98. The summed E-state index contributed by atoms with van der Waals surface area (Å²) in [5.41, 5.74) is 2.19. The SMILES string of the molecule is COc1ccnc(N2CC(Cn3nc4c(cc3=O)CSCC4)C2)n1. The second-order valence-electron chi connectivity index (χ2n) is 6.11. The molecule has 0 atom stereocenters. The number of thioether (sulfide) groups is 1. The molecule has 0 radical (unpaired) electrons. The van der Waals surface area contributed by atoms with Gasteiger partial charge in [-0.25, -0.2) is 9.67 Å². The summed E-state index contributed by atoms with van der Waals surface area (Å²) >= 11 is 1.86. The summed E-state index contributed by atoms with van der Waals surface area (Å²) in [7, 11) is 1.59. The van der Waals surface area contributed by atoms with Crippen molar-refractivity contribution in [3.8, 4) is 5.88 Å². The molecule has 2 aliphatic heterocycles. The van der Waals surface area contributed by atoms with Crippen molar-refractivity contribution in [1.29, 1.82) is 0 Å². The molecule has 7 nitrogen and oxygen atoms in total. The van der Waals surface area contributed by atoms with Crippen molar-refractivity contribution in [3.63, 3.8) is 0 Å². The fourth-order valence-electron chi connectivity index (χ4n) is 3.08. The van der Waals surface area contributed by atoms with Crippen molar-refractivity contribution in [2.45, 2.75) is 18.7 Å². The molecular formula is C16H19N5O2S. The number of methoxy groups -OCH3 is 1. The van der Waals surface area contributed by atoms with Gasteiger partial charge in [-0.15, -0.1) is 0 Å². The van der Waals surface area contributed by atoms with E-state index in [9.17, 15) is 4.79 Å². The molecule has 0 aromatic carbocycles. The van der Waals surface area contributed by atoms with E-state index < -0.39 is 0 Å². The molecule has 126 valence electrons. The van der Waals surface area contributed by atoms with Crippen LogP contribution >= 0.6 is 11.8 Å². The van der Waals surface area contributed by atoms with Crippen molar-refractivity contribution in [1.82, 2.24) is 19.7 Å². The van der Waals surface area contributed by atoms with E-state index >= 15 is 0 Å². The van der Waals surface area contributed by atoms with Gasteiger partial charge in [0.25, 0.3) is 5.56 Å². The first-order valence-electron chi connectivity index (χ1n) is 8.02. The number of fused-ring (bicyclic) bond motifs is 1. The van der Waals surface area contributed by atoms with E-state index in [0.29, 0.717) is 24.3 Å². The van der Waals surface area contributed by atoms with Crippen LogP contribution in [-0.2, 0) is 18.7 Å². The van der Waals surface area contributed by atoms with E-state index in [1.165, 1.54) is 0 Å². The Bertz CT molecular complexity index is 803. The Kier molecular flexibility index (Phi) is 4.13. The summed E-state index contributed by atoms with van der Waals surface area (Å²) in [6.07, 6.45) is 2.65. The van der Waals surface area contributed by atoms with Crippen molar-refractivity contribution in [3.05, 3.63) is 39.9 Å². The predicted molar refractivity (Wildman–Crippen MR) is 92.7 cm³/mol. The summed E-state index contributed by atoms with van der Waals surface area (Å²) in [6, 6.07) is 3.49. The van der Waals surface area contributed by atoms with Crippen LogP contribution in [0.4, 0.5) is 5.95 Å². The van der Waals surface area contributed by atoms with E-state index in [2.05, 4.69) is 20.0 Å². The van der Waals surface area contributed by atoms with Crippen LogP contribution in [0, 0.1) is 5.92 Å². The number of rotatable bonds is 4. The predicted octanol–water partition coefficient (Wildman–Crippen LogP) is 0.968. The lowest BCUT2D eigenvalue weighted by Gasteiger charge is -2.39. The molecule has 0 unspecified atom stereocenters. The summed E-state index contributed by atoms with van der Waals surface area (Å²) in [5, 5.41) is 4.58. The third-order valence-corrected chi connectivity index (χ3v) is 5.41. The first-order valence-corrected chi connectivity index (χ1v) is 9.18. The van der Waals surface area contributed by atoms with Gasteiger partial charge in [0, 0.05) is 49.5 Å². The molecular weight excluding hydrogens is 326 g/mol. The smallest absolute Gasteiger partial charge is 0.267 e. The van der Waals surface area contributed by atoms with Crippen LogP contribution in [0.1, 0.15) is 11.3 Å². The zero-order valence-corrected chi connectivity index (χ0v) is 14.3. The molecule has 4 rings (SSSR count). The highest BCUT2D eigenvalue weighted by Crippen LogP contribution is 2.24. The average molecular weight is 345 g/mol. The highest BCUT2D eigenvalue weighted by molar-refractivity contribution is 7.98. The van der Waals surface area contributed by atoms with Crippen LogP contribution in [-0.4, -0.2) is 45.7 Å². The minimum Gasteiger partial charge on any atom is -0.481 e. The van der Waals surface area contributed by atoms with Crippen LogP contribution in [0.2, 0.25) is 0 Å². The largest absolute Gasteiger partial charge is 0.481 e. The average Bonchev–Trinajstić information content (AvgIpc) is 2.58. The van der Waals surface area contributed by atoms with Gasteiger partial charge in [0.1, 0.15) is 0 Å². The Morgan fingerprint density at radius 3 is 3.12 bits per heavy atom. The van der Waals surface area contributed by atoms with Crippen molar-refractivity contribution < 1.29 is 4.74 Å². The monoisotopic (exact) mass is 345 g/mol. The Labute approximate surface area is 144 Å². The second-order valence-corrected chi connectivity index (χ2v) is 7.21. The van der Waals surface area contributed by atoms with Gasteiger partial charge < -0.3 is 9.64 Å². The fraction of sp³-hybridized carbons (Fsp3) is 0.500. The van der Waals surface area contributed by atoms with Crippen molar-refractivity contribution >= 4 is 17.7 Å². The van der Waals surface area contributed by atoms with E-state index in [-0.39, 0.29) is 5.56 Å². The van der Waals surface area contributed by atoms with Crippen LogP contribution in [0.25, 0.3) is 0 Å². The molecule has 4 heterocycles. The first kappa shape index (κ1) is 15.4. The summed E-state index contributed by atoms with van der Waals surface area (Å²) in [6.45, 7) is 2.31. The number of aryl methyl sites for hydroxylation is 1. The Hall–Kier alpha value is -2.09. The third-order valence-electron chi connectivity index (χ3n) is 4.40. The van der Waals surface area contributed by atoms with E-state index in [1.54, 1.807) is 30.1 Å². The van der Waals surface area contributed by atoms with Crippen molar-refractivity contribution in [2.75, 3.05) is 30.9 Å². The summed E-state index contributed by atoms with van der Waals surface area (Å²) < 4.78 is 6.76.